The average Bonchev–Trinajstić information content (AvgIpc) is 2.31. The van der Waals surface area contributed by atoms with Crippen molar-refractivity contribution >= 4 is 16.9 Å². The molecule has 0 atom stereocenters. The van der Waals surface area contributed by atoms with Gasteiger partial charge < -0.3 is 9.15 Å². The Kier molecular flexibility index (Phi) is 3.05. The number of fused-ring (bicyclic) bond motifs is 1. The van der Waals surface area contributed by atoms with Gasteiger partial charge in [-0.05, 0) is 12.1 Å². The summed E-state index contributed by atoms with van der Waals surface area (Å²) in [6.07, 6.45) is -4.94. The number of hydrogen-bond acceptors (Lipinski definition) is 4. The fourth-order valence-corrected chi connectivity index (χ4v) is 1.55. The summed E-state index contributed by atoms with van der Waals surface area (Å²) in [5.74, 6) is -3.79. The van der Waals surface area contributed by atoms with Gasteiger partial charge in [0.1, 0.15) is 5.58 Å². The van der Waals surface area contributed by atoms with Crippen LogP contribution in [0.5, 0.6) is 5.75 Å². The zero-order valence-corrected chi connectivity index (χ0v) is 9.58. The number of benzene rings is 1. The molecule has 0 amide bonds. The van der Waals surface area contributed by atoms with Crippen LogP contribution in [-0.4, -0.2) is 5.97 Å². The van der Waals surface area contributed by atoms with Crippen LogP contribution in [0.3, 0.4) is 0 Å². The number of ether oxygens (including phenoxy) is 1. The van der Waals surface area contributed by atoms with Crippen LogP contribution in [0.2, 0.25) is 0 Å². The number of halogens is 3. The molecule has 7 heteroatoms. The maximum atomic E-state index is 12.8. The molecule has 0 saturated carbocycles. The summed E-state index contributed by atoms with van der Waals surface area (Å²) in [5.41, 5.74) is -1.26. The number of hydrogen-bond donors (Lipinski definition) is 0. The smallest absolute Gasteiger partial charge is 0.448 e. The zero-order valence-electron chi connectivity index (χ0n) is 9.58. The van der Waals surface area contributed by atoms with Gasteiger partial charge >= 0.3 is 12.1 Å². The van der Waals surface area contributed by atoms with Crippen molar-refractivity contribution in [3.8, 4) is 5.75 Å². The van der Waals surface area contributed by atoms with E-state index < -0.39 is 29.1 Å². The van der Waals surface area contributed by atoms with Crippen LogP contribution in [-0.2, 0) is 11.0 Å². The molecule has 1 heterocycles. The van der Waals surface area contributed by atoms with E-state index in [1.165, 1.54) is 24.3 Å². The van der Waals surface area contributed by atoms with E-state index in [1.807, 2.05) is 0 Å². The van der Waals surface area contributed by atoms with Crippen molar-refractivity contribution < 1.29 is 27.1 Å². The van der Waals surface area contributed by atoms with Gasteiger partial charge in [0.15, 0.2) is 0 Å². The Hall–Kier alpha value is -2.31. The lowest BCUT2D eigenvalue weighted by atomic mass is 10.2. The minimum absolute atomic E-state index is 0.0910. The molecular formula is C12H7F3O4. The van der Waals surface area contributed by atoms with E-state index in [4.69, 9.17) is 0 Å². The molecule has 0 N–H and O–H groups in total. The number of para-hydroxylation sites is 1. The molecular weight excluding hydrogens is 265 g/mol. The molecule has 0 aliphatic carbocycles. The first-order chi connectivity index (χ1) is 8.80. The third kappa shape index (κ3) is 2.44. The van der Waals surface area contributed by atoms with E-state index in [0.29, 0.717) is 0 Å². The van der Waals surface area contributed by atoms with Crippen molar-refractivity contribution in [1.29, 1.82) is 0 Å². The van der Waals surface area contributed by atoms with Crippen molar-refractivity contribution in [3.63, 3.8) is 0 Å². The molecule has 1 aromatic carbocycles. The van der Waals surface area contributed by atoms with Crippen LogP contribution >= 0.6 is 0 Å². The standard InChI is InChI=1S/C12H7F3O4/c1-6(16)18-10-9(17)7-4-2-3-5-8(7)19-11(10)12(13,14)15/h2-5H,1H3. The van der Waals surface area contributed by atoms with Crippen LogP contribution < -0.4 is 10.2 Å². The highest BCUT2D eigenvalue weighted by Gasteiger charge is 2.40. The summed E-state index contributed by atoms with van der Waals surface area (Å²) in [6.45, 7) is 0.898. The van der Waals surface area contributed by atoms with Crippen LogP contribution in [0.15, 0.2) is 33.5 Å². The summed E-state index contributed by atoms with van der Waals surface area (Å²) in [7, 11) is 0. The van der Waals surface area contributed by atoms with E-state index in [9.17, 15) is 22.8 Å². The van der Waals surface area contributed by atoms with Gasteiger partial charge in [0, 0.05) is 6.92 Å². The Morgan fingerprint density at radius 1 is 1.26 bits per heavy atom. The normalized spacial score (nSPS) is 11.6. The molecule has 1 aromatic heterocycles. The second-order valence-corrected chi connectivity index (χ2v) is 3.68. The quantitative estimate of drug-likeness (QED) is 0.749. The van der Waals surface area contributed by atoms with E-state index in [2.05, 4.69) is 9.15 Å². The first-order valence-electron chi connectivity index (χ1n) is 5.12. The molecule has 0 unspecified atom stereocenters. The van der Waals surface area contributed by atoms with E-state index >= 15 is 0 Å². The fraction of sp³-hybridized carbons (Fsp3) is 0.167. The maximum absolute atomic E-state index is 12.8. The lowest BCUT2D eigenvalue weighted by Crippen LogP contribution is -2.19. The first-order valence-corrected chi connectivity index (χ1v) is 5.12. The summed E-state index contributed by atoms with van der Waals surface area (Å²) >= 11 is 0. The largest absolute Gasteiger partial charge is 0.453 e. The fourth-order valence-electron chi connectivity index (χ4n) is 1.55. The molecule has 0 radical (unpaired) electrons. The topological polar surface area (TPSA) is 56.5 Å². The summed E-state index contributed by atoms with van der Waals surface area (Å²) in [6, 6.07) is 5.40. The zero-order chi connectivity index (χ0) is 14.2. The van der Waals surface area contributed by atoms with Gasteiger partial charge in [0.05, 0.1) is 5.39 Å². The van der Waals surface area contributed by atoms with Crippen molar-refractivity contribution in [2.75, 3.05) is 0 Å². The molecule has 0 spiro atoms. The van der Waals surface area contributed by atoms with Gasteiger partial charge in [0.25, 0.3) is 5.76 Å². The van der Waals surface area contributed by atoms with E-state index in [0.717, 1.165) is 6.92 Å². The van der Waals surface area contributed by atoms with Crippen molar-refractivity contribution in [2.24, 2.45) is 0 Å². The second-order valence-electron chi connectivity index (χ2n) is 3.68. The SMILES string of the molecule is CC(=O)Oc1c(C(F)(F)F)oc2ccccc2c1=O. The third-order valence-corrected chi connectivity index (χ3v) is 2.26. The number of carbonyl (C=O) groups is 1. The highest BCUT2D eigenvalue weighted by atomic mass is 19.4. The molecule has 19 heavy (non-hydrogen) atoms. The molecule has 0 bridgehead atoms. The van der Waals surface area contributed by atoms with Gasteiger partial charge in [-0.3, -0.25) is 9.59 Å². The van der Waals surface area contributed by atoms with Crippen LogP contribution in [0, 0.1) is 0 Å². The summed E-state index contributed by atoms with van der Waals surface area (Å²) < 4.78 is 47.3. The predicted octanol–water partition coefficient (Wildman–Crippen LogP) is 2.74. The summed E-state index contributed by atoms with van der Waals surface area (Å²) in [4.78, 5) is 22.7. The van der Waals surface area contributed by atoms with Crippen LogP contribution in [0.4, 0.5) is 13.2 Å². The van der Waals surface area contributed by atoms with Gasteiger partial charge in [-0.2, -0.15) is 13.2 Å². The van der Waals surface area contributed by atoms with Gasteiger partial charge in [-0.1, -0.05) is 12.1 Å². The first kappa shape index (κ1) is 13.1. The monoisotopic (exact) mass is 272 g/mol. The summed E-state index contributed by atoms with van der Waals surface area (Å²) in [5, 5.41) is -0.0910. The molecule has 2 aromatic rings. The molecule has 0 aliphatic rings. The molecule has 0 saturated heterocycles. The Morgan fingerprint density at radius 3 is 2.47 bits per heavy atom. The minimum Gasteiger partial charge on any atom is -0.448 e. The number of esters is 1. The highest BCUT2D eigenvalue weighted by Crippen LogP contribution is 2.36. The molecule has 100 valence electrons. The van der Waals surface area contributed by atoms with E-state index in [-0.39, 0.29) is 11.0 Å². The number of rotatable bonds is 1. The molecule has 0 fully saturated rings. The lowest BCUT2D eigenvalue weighted by molar-refractivity contribution is -0.155. The second kappa shape index (κ2) is 4.42. The Morgan fingerprint density at radius 2 is 1.89 bits per heavy atom. The Balaban J connectivity index is 2.85. The molecule has 4 nitrogen and oxygen atoms in total. The maximum Gasteiger partial charge on any atom is 0.453 e. The van der Waals surface area contributed by atoms with Crippen LogP contribution in [0.25, 0.3) is 11.0 Å². The van der Waals surface area contributed by atoms with Crippen molar-refractivity contribution in [3.05, 3.63) is 40.2 Å². The Bertz CT molecular complexity index is 700. The molecule has 0 aliphatic heterocycles. The van der Waals surface area contributed by atoms with Gasteiger partial charge in [-0.15, -0.1) is 0 Å². The molecule has 2 rings (SSSR count). The van der Waals surface area contributed by atoms with Crippen molar-refractivity contribution in [2.45, 2.75) is 13.1 Å². The average molecular weight is 272 g/mol. The van der Waals surface area contributed by atoms with E-state index in [1.54, 1.807) is 0 Å². The number of carbonyl (C=O) groups excluding carboxylic acids is 1. The predicted molar refractivity (Wildman–Crippen MR) is 58.8 cm³/mol. The highest BCUT2D eigenvalue weighted by molar-refractivity contribution is 5.79. The van der Waals surface area contributed by atoms with Crippen LogP contribution in [0.1, 0.15) is 12.7 Å². The lowest BCUT2D eigenvalue weighted by Gasteiger charge is -2.11. The van der Waals surface area contributed by atoms with Gasteiger partial charge in [-0.25, -0.2) is 0 Å². The number of alkyl halides is 3. The Labute approximate surface area is 104 Å². The minimum atomic E-state index is -4.94. The van der Waals surface area contributed by atoms with Crippen molar-refractivity contribution in [1.82, 2.24) is 0 Å². The third-order valence-electron chi connectivity index (χ3n) is 2.26. The van der Waals surface area contributed by atoms with Gasteiger partial charge in [0.2, 0.25) is 11.2 Å².